The van der Waals surface area contributed by atoms with Gasteiger partial charge in [-0.1, -0.05) is 18.2 Å². The van der Waals surface area contributed by atoms with Crippen molar-refractivity contribution in [3.63, 3.8) is 0 Å². The number of nitrogens with one attached hydrogen (secondary N) is 1. The molecule has 1 aromatic carbocycles. The number of hydrogen-bond donors (Lipinski definition) is 2. The molecule has 0 radical (unpaired) electrons. The molecule has 1 aromatic heterocycles. The van der Waals surface area contributed by atoms with Crippen LogP contribution >= 0.6 is 0 Å². The van der Waals surface area contributed by atoms with E-state index in [0.717, 1.165) is 29.7 Å². The molecule has 17 heavy (non-hydrogen) atoms. The second-order valence-electron chi connectivity index (χ2n) is 4.35. The van der Waals surface area contributed by atoms with E-state index in [9.17, 15) is 0 Å². The number of fused-ring (bicyclic) bond motifs is 1. The summed E-state index contributed by atoms with van der Waals surface area (Å²) in [5, 5.41) is 4.47. The fourth-order valence-corrected chi connectivity index (χ4v) is 2.29. The lowest BCUT2D eigenvalue weighted by Gasteiger charge is -2.28. The monoisotopic (exact) mass is 232 g/mol. The predicted octanol–water partition coefficient (Wildman–Crippen LogP) is 1.42. The third kappa shape index (κ3) is 1.95. The SMILES string of the molecule is NC(c1coc2ccccc12)C1COCCN1. The van der Waals surface area contributed by atoms with E-state index in [1.165, 1.54) is 0 Å². The molecule has 2 aromatic rings. The number of rotatable bonds is 2. The van der Waals surface area contributed by atoms with Crippen LogP contribution in [0.4, 0.5) is 0 Å². The molecule has 90 valence electrons. The van der Waals surface area contributed by atoms with Crippen molar-refractivity contribution in [3.05, 3.63) is 36.1 Å². The van der Waals surface area contributed by atoms with Gasteiger partial charge in [-0.05, 0) is 6.07 Å². The van der Waals surface area contributed by atoms with E-state index in [0.29, 0.717) is 6.61 Å². The smallest absolute Gasteiger partial charge is 0.134 e. The van der Waals surface area contributed by atoms with Crippen molar-refractivity contribution >= 4 is 11.0 Å². The lowest BCUT2D eigenvalue weighted by atomic mass is 9.99. The van der Waals surface area contributed by atoms with E-state index in [1.807, 2.05) is 24.3 Å². The topological polar surface area (TPSA) is 60.4 Å². The molecule has 2 atom stereocenters. The van der Waals surface area contributed by atoms with Crippen molar-refractivity contribution in [2.45, 2.75) is 12.1 Å². The molecule has 4 heteroatoms. The molecule has 2 heterocycles. The third-order valence-corrected chi connectivity index (χ3v) is 3.25. The number of benzene rings is 1. The van der Waals surface area contributed by atoms with Crippen LogP contribution in [0.3, 0.4) is 0 Å². The third-order valence-electron chi connectivity index (χ3n) is 3.25. The van der Waals surface area contributed by atoms with Gasteiger partial charge in [0.15, 0.2) is 0 Å². The number of morpholine rings is 1. The zero-order valence-corrected chi connectivity index (χ0v) is 9.56. The molecular weight excluding hydrogens is 216 g/mol. The number of hydrogen-bond acceptors (Lipinski definition) is 4. The van der Waals surface area contributed by atoms with Crippen molar-refractivity contribution in [1.29, 1.82) is 0 Å². The summed E-state index contributed by atoms with van der Waals surface area (Å²) in [6, 6.07) is 8.01. The molecule has 0 spiro atoms. The first-order valence-electron chi connectivity index (χ1n) is 5.89. The molecule has 2 unspecified atom stereocenters. The maximum Gasteiger partial charge on any atom is 0.134 e. The quantitative estimate of drug-likeness (QED) is 0.822. The highest BCUT2D eigenvalue weighted by Crippen LogP contribution is 2.27. The Morgan fingerprint density at radius 3 is 3.06 bits per heavy atom. The zero-order valence-electron chi connectivity index (χ0n) is 9.56. The molecular formula is C13H16N2O2. The molecule has 0 amide bonds. The predicted molar refractivity (Wildman–Crippen MR) is 65.8 cm³/mol. The van der Waals surface area contributed by atoms with E-state index < -0.39 is 0 Å². The Hall–Kier alpha value is -1.36. The highest BCUT2D eigenvalue weighted by Gasteiger charge is 2.24. The van der Waals surface area contributed by atoms with Crippen molar-refractivity contribution < 1.29 is 9.15 Å². The van der Waals surface area contributed by atoms with Crippen LogP contribution in [0.25, 0.3) is 11.0 Å². The Morgan fingerprint density at radius 1 is 1.35 bits per heavy atom. The van der Waals surface area contributed by atoms with E-state index >= 15 is 0 Å². The summed E-state index contributed by atoms with van der Waals surface area (Å²) >= 11 is 0. The Kier molecular flexibility index (Phi) is 2.84. The number of para-hydroxylation sites is 1. The average Bonchev–Trinajstić information content (AvgIpc) is 2.83. The second-order valence-corrected chi connectivity index (χ2v) is 4.35. The lowest BCUT2D eigenvalue weighted by molar-refractivity contribution is 0.0685. The van der Waals surface area contributed by atoms with E-state index in [4.69, 9.17) is 14.9 Å². The minimum Gasteiger partial charge on any atom is -0.464 e. The molecule has 1 aliphatic rings. The van der Waals surface area contributed by atoms with Gasteiger partial charge < -0.3 is 20.2 Å². The van der Waals surface area contributed by atoms with Gasteiger partial charge in [0.1, 0.15) is 5.58 Å². The molecule has 0 bridgehead atoms. The summed E-state index contributed by atoms with van der Waals surface area (Å²) in [7, 11) is 0. The normalized spacial score (nSPS) is 22.8. The number of nitrogens with two attached hydrogens (primary N) is 1. The Morgan fingerprint density at radius 2 is 2.24 bits per heavy atom. The van der Waals surface area contributed by atoms with E-state index in [-0.39, 0.29) is 12.1 Å². The maximum absolute atomic E-state index is 6.28. The molecule has 3 N–H and O–H groups in total. The van der Waals surface area contributed by atoms with Crippen LogP contribution in [0.5, 0.6) is 0 Å². The van der Waals surface area contributed by atoms with Gasteiger partial charge in [-0.3, -0.25) is 0 Å². The van der Waals surface area contributed by atoms with Gasteiger partial charge in [-0.25, -0.2) is 0 Å². The average molecular weight is 232 g/mol. The molecule has 3 rings (SSSR count). The van der Waals surface area contributed by atoms with Gasteiger partial charge in [0.05, 0.1) is 25.5 Å². The first-order valence-corrected chi connectivity index (χ1v) is 5.89. The van der Waals surface area contributed by atoms with Gasteiger partial charge in [0.2, 0.25) is 0 Å². The standard InChI is InChI=1S/C13H16N2O2/c14-13(11-8-16-6-5-15-11)10-7-17-12-4-2-1-3-9(10)12/h1-4,7,11,13,15H,5-6,8,14H2. The van der Waals surface area contributed by atoms with Gasteiger partial charge >= 0.3 is 0 Å². The highest BCUT2D eigenvalue weighted by atomic mass is 16.5. The van der Waals surface area contributed by atoms with Crippen LogP contribution in [-0.2, 0) is 4.74 Å². The summed E-state index contributed by atoms with van der Waals surface area (Å²) in [6.45, 7) is 2.27. The van der Waals surface area contributed by atoms with Crippen LogP contribution < -0.4 is 11.1 Å². The summed E-state index contributed by atoms with van der Waals surface area (Å²) < 4.78 is 11.0. The van der Waals surface area contributed by atoms with Gasteiger partial charge in [-0.15, -0.1) is 0 Å². The molecule has 1 aliphatic heterocycles. The van der Waals surface area contributed by atoms with Gasteiger partial charge in [0.25, 0.3) is 0 Å². The number of ether oxygens (including phenoxy) is 1. The van der Waals surface area contributed by atoms with Gasteiger partial charge in [-0.2, -0.15) is 0 Å². The largest absolute Gasteiger partial charge is 0.464 e. The summed E-state index contributed by atoms with van der Waals surface area (Å²) in [4.78, 5) is 0. The van der Waals surface area contributed by atoms with Crippen molar-refractivity contribution in [2.24, 2.45) is 5.73 Å². The van der Waals surface area contributed by atoms with Crippen LogP contribution in [-0.4, -0.2) is 25.8 Å². The van der Waals surface area contributed by atoms with E-state index in [2.05, 4.69) is 5.32 Å². The summed E-state index contributed by atoms with van der Waals surface area (Å²) in [5.74, 6) is 0. The highest BCUT2D eigenvalue weighted by molar-refractivity contribution is 5.81. The van der Waals surface area contributed by atoms with Crippen molar-refractivity contribution in [2.75, 3.05) is 19.8 Å². The molecule has 1 saturated heterocycles. The Bertz CT molecular complexity index is 503. The fourth-order valence-electron chi connectivity index (χ4n) is 2.29. The number of furan rings is 1. The second kappa shape index (κ2) is 4.49. The minimum atomic E-state index is -0.0982. The first kappa shape index (κ1) is 10.8. The lowest BCUT2D eigenvalue weighted by Crippen LogP contribution is -2.47. The Balaban J connectivity index is 1.92. The van der Waals surface area contributed by atoms with E-state index in [1.54, 1.807) is 6.26 Å². The molecule has 0 saturated carbocycles. The maximum atomic E-state index is 6.28. The van der Waals surface area contributed by atoms with Crippen LogP contribution in [0.15, 0.2) is 34.9 Å². The minimum absolute atomic E-state index is 0.0982. The van der Waals surface area contributed by atoms with Crippen molar-refractivity contribution in [1.82, 2.24) is 5.32 Å². The first-order chi connectivity index (χ1) is 8.36. The molecule has 0 aliphatic carbocycles. The zero-order chi connectivity index (χ0) is 11.7. The van der Waals surface area contributed by atoms with Crippen molar-refractivity contribution in [3.8, 4) is 0 Å². The molecule has 1 fully saturated rings. The summed E-state index contributed by atoms with van der Waals surface area (Å²) in [6.07, 6.45) is 1.76. The van der Waals surface area contributed by atoms with Crippen LogP contribution in [0, 0.1) is 0 Å². The van der Waals surface area contributed by atoms with Gasteiger partial charge in [0, 0.05) is 23.5 Å². The van der Waals surface area contributed by atoms with Crippen LogP contribution in [0.2, 0.25) is 0 Å². The fraction of sp³-hybridized carbons (Fsp3) is 0.385. The van der Waals surface area contributed by atoms with Crippen LogP contribution in [0.1, 0.15) is 11.6 Å². The summed E-state index contributed by atoms with van der Waals surface area (Å²) in [5.41, 5.74) is 8.21. The molecule has 4 nitrogen and oxygen atoms in total. The Labute approximate surface area is 99.7 Å².